The number of hydrogen-bond donors (Lipinski definition) is 2. The maximum absolute atomic E-state index is 12.7. The van der Waals surface area contributed by atoms with Crippen LogP contribution in [-0.2, 0) is 0 Å². The van der Waals surface area contributed by atoms with Crippen LogP contribution in [0.25, 0.3) is 11.0 Å². The van der Waals surface area contributed by atoms with Crippen molar-refractivity contribution in [2.75, 3.05) is 5.32 Å². The molecule has 1 aliphatic rings. The Morgan fingerprint density at radius 2 is 1.88 bits per heavy atom. The monoisotopic (exact) mass is 368 g/mol. The van der Waals surface area contributed by atoms with Crippen LogP contribution in [0.15, 0.2) is 46.9 Å². The van der Waals surface area contributed by atoms with Crippen molar-refractivity contribution in [3.05, 3.63) is 64.4 Å². The second-order valence-electron chi connectivity index (χ2n) is 6.44. The minimum Gasteiger partial charge on any atom is -0.451 e. The van der Waals surface area contributed by atoms with Gasteiger partial charge in [0.2, 0.25) is 0 Å². The first kappa shape index (κ1) is 16.7. The number of rotatable bonds is 4. The summed E-state index contributed by atoms with van der Waals surface area (Å²) in [5.41, 5.74) is 2.19. The van der Waals surface area contributed by atoms with E-state index in [-0.39, 0.29) is 17.7 Å². The van der Waals surface area contributed by atoms with Gasteiger partial charge in [-0.1, -0.05) is 23.7 Å². The van der Waals surface area contributed by atoms with E-state index in [4.69, 9.17) is 16.0 Å². The molecule has 2 amide bonds. The van der Waals surface area contributed by atoms with E-state index in [1.54, 1.807) is 42.5 Å². The van der Waals surface area contributed by atoms with Gasteiger partial charge in [-0.05, 0) is 50.1 Å². The van der Waals surface area contributed by atoms with Crippen molar-refractivity contribution in [2.45, 2.75) is 25.8 Å². The van der Waals surface area contributed by atoms with Crippen LogP contribution < -0.4 is 10.6 Å². The summed E-state index contributed by atoms with van der Waals surface area (Å²) in [5.74, 6) is -0.377. The van der Waals surface area contributed by atoms with Gasteiger partial charge in [-0.15, -0.1) is 0 Å². The van der Waals surface area contributed by atoms with Gasteiger partial charge in [-0.2, -0.15) is 0 Å². The molecule has 3 aromatic rings. The number of halogens is 1. The van der Waals surface area contributed by atoms with E-state index >= 15 is 0 Å². The minimum atomic E-state index is -0.401. The van der Waals surface area contributed by atoms with Crippen molar-refractivity contribution < 1.29 is 14.0 Å². The lowest BCUT2D eigenvalue weighted by Gasteiger charge is -2.10. The second-order valence-corrected chi connectivity index (χ2v) is 6.88. The molecule has 132 valence electrons. The predicted molar refractivity (Wildman–Crippen MR) is 101 cm³/mol. The van der Waals surface area contributed by atoms with Gasteiger partial charge >= 0.3 is 0 Å². The van der Waals surface area contributed by atoms with Crippen molar-refractivity contribution in [3.8, 4) is 0 Å². The first-order valence-corrected chi connectivity index (χ1v) is 8.80. The van der Waals surface area contributed by atoms with Crippen molar-refractivity contribution in [1.82, 2.24) is 5.32 Å². The highest BCUT2D eigenvalue weighted by atomic mass is 35.5. The lowest BCUT2D eigenvalue weighted by Crippen LogP contribution is -2.27. The van der Waals surface area contributed by atoms with Crippen molar-refractivity contribution >= 4 is 40.1 Å². The smallest absolute Gasteiger partial charge is 0.291 e. The summed E-state index contributed by atoms with van der Waals surface area (Å²) >= 11 is 6.02. The van der Waals surface area contributed by atoms with Crippen LogP contribution in [0.3, 0.4) is 0 Å². The molecule has 1 heterocycles. The fourth-order valence-corrected chi connectivity index (χ4v) is 3.04. The molecule has 1 fully saturated rings. The van der Waals surface area contributed by atoms with Crippen LogP contribution >= 0.6 is 11.6 Å². The molecule has 2 N–H and O–H groups in total. The van der Waals surface area contributed by atoms with Crippen LogP contribution in [0.5, 0.6) is 0 Å². The van der Waals surface area contributed by atoms with Crippen LogP contribution in [0, 0.1) is 6.92 Å². The third kappa shape index (κ3) is 3.18. The molecule has 0 unspecified atom stereocenters. The number of carbonyl (C=O) groups excluding carboxylic acids is 2. The lowest BCUT2D eigenvalue weighted by atomic mass is 10.1. The Balaban J connectivity index is 1.62. The SMILES string of the molecule is Cc1c(C(=O)Nc2ccccc2C(=O)NC2CC2)oc2ccc(Cl)cc12. The standard InChI is InChI=1S/C20H17ClN2O3/c1-11-15-10-12(21)6-9-17(15)26-18(11)20(25)23-16-5-3-2-4-14(16)19(24)22-13-7-8-13/h2-6,9-10,13H,7-8H2,1H3,(H,22,24)(H,23,25). The molecule has 0 spiro atoms. The number of fused-ring (bicyclic) bond motifs is 1. The van der Waals surface area contributed by atoms with Gasteiger partial charge in [0.05, 0.1) is 11.3 Å². The van der Waals surface area contributed by atoms with Gasteiger partial charge in [0, 0.05) is 22.0 Å². The molecule has 26 heavy (non-hydrogen) atoms. The number of nitrogens with one attached hydrogen (secondary N) is 2. The van der Waals surface area contributed by atoms with Gasteiger partial charge in [0.1, 0.15) is 5.58 Å². The summed E-state index contributed by atoms with van der Waals surface area (Å²) in [5, 5.41) is 7.10. The van der Waals surface area contributed by atoms with Gasteiger partial charge in [-0.3, -0.25) is 9.59 Å². The third-order valence-electron chi connectivity index (χ3n) is 4.44. The number of anilines is 1. The highest BCUT2D eigenvalue weighted by Crippen LogP contribution is 2.29. The Morgan fingerprint density at radius 3 is 2.65 bits per heavy atom. The van der Waals surface area contributed by atoms with Gasteiger partial charge in [-0.25, -0.2) is 0 Å². The summed E-state index contributed by atoms with van der Waals surface area (Å²) in [6.07, 6.45) is 2.00. The molecule has 0 atom stereocenters. The van der Waals surface area contributed by atoms with Gasteiger partial charge in [0.15, 0.2) is 5.76 Å². The molecule has 0 aliphatic heterocycles. The second kappa shape index (κ2) is 6.50. The summed E-state index contributed by atoms with van der Waals surface area (Å²) < 4.78 is 5.69. The van der Waals surface area contributed by atoms with E-state index in [2.05, 4.69) is 10.6 Å². The summed E-state index contributed by atoms with van der Waals surface area (Å²) in [6, 6.07) is 12.4. The number of carbonyl (C=O) groups is 2. The zero-order valence-corrected chi connectivity index (χ0v) is 14.9. The third-order valence-corrected chi connectivity index (χ3v) is 4.67. The number of aryl methyl sites for hydroxylation is 1. The average Bonchev–Trinajstić information content (AvgIpc) is 3.38. The molecule has 1 aliphatic carbocycles. The molecule has 0 saturated heterocycles. The normalized spacial score (nSPS) is 13.6. The number of furan rings is 1. The van der Waals surface area contributed by atoms with E-state index in [0.717, 1.165) is 18.2 Å². The molecule has 0 radical (unpaired) electrons. The molecule has 5 nitrogen and oxygen atoms in total. The topological polar surface area (TPSA) is 71.3 Å². The zero-order chi connectivity index (χ0) is 18.3. The van der Waals surface area contributed by atoms with Crippen molar-refractivity contribution in [3.63, 3.8) is 0 Å². The Labute approximate surface area is 155 Å². The largest absolute Gasteiger partial charge is 0.451 e. The van der Waals surface area contributed by atoms with Crippen LogP contribution in [0.2, 0.25) is 5.02 Å². The van der Waals surface area contributed by atoms with Crippen LogP contribution in [-0.4, -0.2) is 17.9 Å². The number of benzene rings is 2. The lowest BCUT2D eigenvalue weighted by molar-refractivity contribution is 0.0952. The average molecular weight is 369 g/mol. The van der Waals surface area contributed by atoms with Gasteiger partial charge in [0.25, 0.3) is 11.8 Å². The fourth-order valence-electron chi connectivity index (χ4n) is 2.87. The Morgan fingerprint density at radius 1 is 1.12 bits per heavy atom. The molecule has 1 aromatic heterocycles. The zero-order valence-electron chi connectivity index (χ0n) is 14.1. The van der Waals surface area contributed by atoms with Gasteiger partial charge < -0.3 is 15.1 Å². The van der Waals surface area contributed by atoms with Crippen molar-refractivity contribution in [2.24, 2.45) is 0 Å². The highest BCUT2D eigenvalue weighted by molar-refractivity contribution is 6.31. The van der Waals surface area contributed by atoms with E-state index in [1.807, 2.05) is 6.92 Å². The molecular weight excluding hydrogens is 352 g/mol. The maximum Gasteiger partial charge on any atom is 0.291 e. The minimum absolute atomic E-state index is 0.184. The summed E-state index contributed by atoms with van der Waals surface area (Å²) in [4.78, 5) is 25.1. The van der Waals surface area contributed by atoms with Crippen LogP contribution in [0.4, 0.5) is 5.69 Å². The summed E-state index contributed by atoms with van der Waals surface area (Å²) in [6.45, 7) is 1.81. The number of amides is 2. The quantitative estimate of drug-likeness (QED) is 0.710. The fraction of sp³-hybridized carbons (Fsp3) is 0.200. The molecule has 2 aromatic carbocycles. The van der Waals surface area contributed by atoms with E-state index in [1.165, 1.54) is 0 Å². The molecule has 1 saturated carbocycles. The van der Waals surface area contributed by atoms with Crippen LogP contribution in [0.1, 0.15) is 39.3 Å². The first-order chi connectivity index (χ1) is 12.5. The van der Waals surface area contributed by atoms with E-state index in [9.17, 15) is 9.59 Å². The Kier molecular flexibility index (Phi) is 4.17. The molecule has 0 bridgehead atoms. The molecular formula is C20H17ClN2O3. The summed E-state index contributed by atoms with van der Waals surface area (Å²) in [7, 11) is 0. The predicted octanol–water partition coefficient (Wildman–Crippen LogP) is 4.54. The number of hydrogen-bond acceptors (Lipinski definition) is 3. The van der Waals surface area contributed by atoms with E-state index < -0.39 is 5.91 Å². The first-order valence-electron chi connectivity index (χ1n) is 8.43. The highest BCUT2D eigenvalue weighted by Gasteiger charge is 2.25. The van der Waals surface area contributed by atoms with Crippen molar-refractivity contribution in [1.29, 1.82) is 0 Å². The molecule has 4 rings (SSSR count). The maximum atomic E-state index is 12.7. The number of para-hydroxylation sites is 1. The Bertz CT molecular complexity index is 1020. The van der Waals surface area contributed by atoms with E-state index in [0.29, 0.717) is 27.4 Å². The molecule has 6 heteroatoms. The Hall–Kier alpha value is -2.79.